The lowest BCUT2D eigenvalue weighted by Gasteiger charge is -2.13. The van der Waals surface area contributed by atoms with Crippen LogP contribution in [-0.2, 0) is 13.7 Å². The van der Waals surface area contributed by atoms with E-state index in [2.05, 4.69) is 10.2 Å². The second-order valence-corrected chi connectivity index (χ2v) is 4.23. The number of thioether (sulfide) groups is 1. The van der Waals surface area contributed by atoms with Gasteiger partial charge in [0.1, 0.15) is 11.9 Å². The minimum atomic E-state index is -4.27. The number of nitrogens with zero attached hydrogens (tertiary/aromatic N) is 3. The average molecular weight is 241 g/mol. The molecule has 86 valence electrons. The fraction of sp³-hybridized carbons (Fsp3) is 0.714. The predicted molar refractivity (Wildman–Crippen MR) is 48.3 cm³/mol. The summed E-state index contributed by atoms with van der Waals surface area (Å²) in [6.45, 7) is 0.711. The standard InChI is InChI=1S/C7H10F3N3OS/c1-4(7(8,9)10)15-6-12-11-5(3-14)13(6)2/h4,14H,3H2,1-2H3. The van der Waals surface area contributed by atoms with Gasteiger partial charge in [0, 0.05) is 7.05 Å². The third-order valence-corrected chi connectivity index (χ3v) is 3.00. The van der Waals surface area contributed by atoms with Gasteiger partial charge in [-0.05, 0) is 6.92 Å². The smallest absolute Gasteiger partial charge is 0.388 e. The topological polar surface area (TPSA) is 50.9 Å². The van der Waals surface area contributed by atoms with Crippen LogP contribution in [0, 0.1) is 0 Å². The molecule has 0 radical (unpaired) electrons. The number of aliphatic hydroxyl groups excluding tert-OH is 1. The molecule has 0 fully saturated rings. The number of hydrogen-bond donors (Lipinski definition) is 1. The van der Waals surface area contributed by atoms with Crippen LogP contribution in [0.4, 0.5) is 13.2 Å². The predicted octanol–water partition coefficient (Wildman–Crippen LogP) is 1.35. The van der Waals surface area contributed by atoms with E-state index in [-0.39, 0.29) is 17.6 Å². The van der Waals surface area contributed by atoms with Gasteiger partial charge in [0.25, 0.3) is 0 Å². The van der Waals surface area contributed by atoms with Crippen molar-refractivity contribution in [3.8, 4) is 0 Å². The van der Waals surface area contributed by atoms with E-state index in [1.54, 1.807) is 0 Å². The molecule has 1 heterocycles. The van der Waals surface area contributed by atoms with Gasteiger partial charge in [-0.15, -0.1) is 10.2 Å². The second kappa shape index (κ2) is 4.40. The molecule has 0 saturated heterocycles. The van der Waals surface area contributed by atoms with Crippen molar-refractivity contribution in [2.24, 2.45) is 7.05 Å². The summed E-state index contributed by atoms with van der Waals surface area (Å²) in [5, 5.41) is 14.5. The molecule has 0 aliphatic rings. The van der Waals surface area contributed by atoms with Crippen molar-refractivity contribution in [2.75, 3.05) is 0 Å². The summed E-state index contributed by atoms with van der Waals surface area (Å²) >= 11 is 0.567. The Morgan fingerprint density at radius 3 is 2.47 bits per heavy atom. The zero-order valence-corrected chi connectivity index (χ0v) is 8.93. The van der Waals surface area contributed by atoms with Crippen molar-refractivity contribution in [1.82, 2.24) is 14.8 Å². The highest BCUT2D eigenvalue weighted by atomic mass is 32.2. The average Bonchev–Trinajstić information content (AvgIpc) is 2.46. The van der Waals surface area contributed by atoms with E-state index >= 15 is 0 Å². The van der Waals surface area contributed by atoms with E-state index in [0.29, 0.717) is 11.8 Å². The molecule has 8 heteroatoms. The molecule has 1 N–H and O–H groups in total. The fourth-order valence-corrected chi connectivity index (χ4v) is 1.61. The van der Waals surface area contributed by atoms with Gasteiger partial charge >= 0.3 is 6.18 Å². The maximum absolute atomic E-state index is 12.2. The molecule has 1 aromatic rings. The second-order valence-electron chi connectivity index (χ2n) is 2.92. The molecule has 1 unspecified atom stereocenters. The molecule has 0 amide bonds. The third-order valence-electron chi connectivity index (χ3n) is 1.81. The number of rotatable bonds is 3. The summed E-state index contributed by atoms with van der Waals surface area (Å²) in [6, 6.07) is 0. The normalized spacial score (nSPS) is 14.3. The Balaban J connectivity index is 2.77. The summed E-state index contributed by atoms with van der Waals surface area (Å²) in [5.41, 5.74) is 0. The molecule has 1 aromatic heterocycles. The van der Waals surface area contributed by atoms with Gasteiger partial charge in [-0.1, -0.05) is 11.8 Å². The van der Waals surface area contributed by atoms with Crippen LogP contribution in [0.2, 0.25) is 0 Å². The fourth-order valence-electron chi connectivity index (χ4n) is 0.810. The highest BCUT2D eigenvalue weighted by molar-refractivity contribution is 7.99. The largest absolute Gasteiger partial charge is 0.400 e. The first-order valence-electron chi connectivity index (χ1n) is 4.08. The van der Waals surface area contributed by atoms with Crippen molar-refractivity contribution >= 4 is 11.8 Å². The molecule has 0 saturated carbocycles. The molecule has 0 aliphatic heterocycles. The van der Waals surface area contributed by atoms with Gasteiger partial charge in [0.15, 0.2) is 11.0 Å². The molecule has 1 rings (SSSR count). The van der Waals surface area contributed by atoms with Crippen LogP contribution in [-0.4, -0.2) is 31.3 Å². The van der Waals surface area contributed by atoms with E-state index in [4.69, 9.17) is 5.11 Å². The van der Waals surface area contributed by atoms with E-state index in [1.807, 2.05) is 0 Å². The van der Waals surface area contributed by atoms with Crippen molar-refractivity contribution in [3.63, 3.8) is 0 Å². The van der Waals surface area contributed by atoms with E-state index in [9.17, 15) is 13.2 Å². The Bertz CT molecular complexity index is 339. The minimum Gasteiger partial charge on any atom is -0.388 e. The monoisotopic (exact) mass is 241 g/mol. The number of alkyl halides is 3. The van der Waals surface area contributed by atoms with E-state index < -0.39 is 11.4 Å². The maximum Gasteiger partial charge on any atom is 0.400 e. The summed E-state index contributed by atoms with van der Waals surface area (Å²) in [6.07, 6.45) is -4.27. The van der Waals surface area contributed by atoms with Crippen LogP contribution in [0.15, 0.2) is 5.16 Å². The van der Waals surface area contributed by atoms with Gasteiger partial charge in [-0.2, -0.15) is 13.2 Å². The van der Waals surface area contributed by atoms with E-state index in [0.717, 1.165) is 6.92 Å². The first-order chi connectivity index (χ1) is 6.86. The Kier molecular flexibility index (Phi) is 3.61. The van der Waals surface area contributed by atoms with Crippen LogP contribution >= 0.6 is 11.8 Å². The van der Waals surface area contributed by atoms with Crippen LogP contribution in [0.5, 0.6) is 0 Å². The lowest BCUT2D eigenvalue weighted by Crippen LogP contribution is -2.22. The van der Waals surface area contributed by atoms with Gasteiger partial charge < -0.3 is 9.67 Å². The molecule has 0 spiro atoms. The van der Waals surface area contributed by atoms with Gasteiger partial charge in [0.05, 0.1) is 0 Å². The Morgan fingerprint density at radius 2 is 2.07 bits per heavy atom. The lowest BCUT2D eigenvalue weighted by molar-refractivity contribution is -0.125. The summed E-state index contributed by atoms with van der Waals surface area (Å²) < 4.78 is 38.0. The highest BCUT2D eigenvalue weighted by Gasteiger charge is 2.37. The van der Waals surface area contributed by atoms with Crippen LogP contribution in [0.3, 0.4) is 0 Å². The zero-order valence-electron chi connectivity index (χ0n) is 8.12. The first kappa shape index (κ1) is 12.3. The molecule has 15 heavy (non-hydrogen) atoms. The third kappa shape index (κ3) is 2.85. The number of aliphatic hydroxyl groups is 1. The van der Waals surface area contributed by atoms with Crippen molar-refractivity contribution in [2.45, 2.75) is 30.1 Å². The number of aromatic nitrogens is 3. The van der Waals surface area contributed by atoms with Gasteiger partial charge in [-0.3, -0.25) is 0 Å². The number of halogens is 3. The molecular formula is C7H10F3N3OS. The summed E-state index contributed by atoms with van der Waals surface area (Å²) in [7, 11) is 1.51. The SMILES string of the molecule is CC(Sc1nnc(CO)n1C)C(F)(F)F. The molecule has 1 atom stereocenters. The summed E-state index contributed by atoms with van der Waals surface area (Å²) in [5.74, 6) is 0.242. The molecule has 0 aliphatic carbocycles. The lowest BCUT2D eigenvalue weighted by atomic mass is 10.5. The van der Waals surface area contributed by atoms with Crippen LogP contribution in [0.25, 0.3) is 0 Å². The quantitative estimate of drug-likeness (QED) is 0.811. The van der Waals surface area contributed by atoms with Crippen LogP contribution < -0.4 is 0 Å². The maximum atomic E-state index is 12.2. The zero-order chi connectivity index (χ0) is 11.6. The molecule has 0 bridgehead atoms. The van der Waals surface area contributed by atoms with Crippen molar-refractivity contribution in [1.29, 1.82) is 0 Å². The Labute approximate surface area is 88.5 Å². The van der Waals surface area contributed by atoms with Crippen molar-refractivity contribution < 1.29 is 18.3 Å². The van der Waals surface area contributed by atoms with Gasteiger partial charge in [-0.25, -0.2) is 0 Å². The van der Waals surface area contributed by atoms with Gasteiger partial charge in [0.2, 0.25) is 0 Å². The van der Waals surface area contributed by atoms with Crippen molar-refractivity contribution in [3.05, 3.63) is 5.82 Å². The first-order valence-corrected chi connectivity index (χ1v) is 4.96. The minimum absolute atomic E-state index is 0.142. The summed E-state index contributed by atoms with van der Waals surface area (Å²) in [4.78, 5) is 0. The highest BCUT2D eigenvalue weighted by Crippen LogP contribution is 2.33. The van der Waals surface area contributed by atoms with E-state index in [1.165, 1.54) is 11.6 Å². The number of hydrogen-bond acceptors (Lipinski definition) is 4. The molecule has 4 nitrogen and oxygen atoms in total. The Hall–Kier alpha value is -0.760. The van der Waals surface area contributed by atoms with Crippen LogP contribution in [0.1, 0.15) is 12.7 Å². The molecular weight excluding hydrogens is 231 g/mol. The molecule has 0 aromatic carbocycles. The Morgan fingerprint density at radius 1 is 1.47 bits per heavy atom.